The summed E-state index contributed by atoms with van der Waals surface area (Å²) in [6.07, 6.45) is 4.72. The van der Waals surface area contributed by atoms with Crippen molar-refractivity contribution in [3.63, 3.8) is 0 Å². The summed E-state index contributed by atoms with van der Waals surface area (Å²) in [5.41, 5.74) is 0. The Hall–Kier alpha value is -0.880. The van der Waals surface area contributed by atoms with Gasteiger partial charge in [-0.25, -0.2) is 0 Å². The number of ether oxygens (including phenoxy) is 1. The fourth-order valence-corrected chi connectivity index (χ4v) is 2.73. The van der Waals surface area contributed by atoms with Gasteiger partial charge in [-0.2, -0.15) is 0 Å². The number of furan rings is 1. The monoisotopic (exact) mass is 296 g/mol. The van der Waals surface area contributed by atoms with E-state index in [2.05, 4.69) is 17.1 Å². The molecule has 1 aliphatic rings. The maximum Gasteiger partial charge on any atom is 0.129 e. The minimum atomic E-state index is -0.464. The van der Waals surface area contributed by atoms with Gasteiger partial charge in [0.05, 0.1) is 19.0 Å². The number of nitrogens with one attached hydrogen (secondary N) is 1. The summed E-state index contributed by atoms with van der Waals surface area (Å²) < 4.78 is 10.6. The van der Waals surface area contributed by atoms with Crippen LogP contribution in [0.4, 0.5) is 0 Å². The molecule has 0 amide bonds. The number of hydrogen-bond donors (Lipinski definition) is 2. The van der Waals surface area contributed by atoms with Gasteiger partial charge >= 0.3 is 0 Å². The van der Waals surface area contributed by atoms with Gasteiger partial charge in [0, 0.05) is 12.6 Å². The highest BCUT2D eigenvalue weighted by Crippen LogP contribution is 2.10. The van der Waals surface area contributed by atoms with Crippen LogP contribution in [0.25, 0.3) is 0 Å². The molecule has 1 aromatic rings. The van der Waals surface area contributed by atoms with Crippen LogP contribution in [0.2, 0.25) is 0 Å². The summed E-state index contributed by atoms with van der Waals surface area (Å²) in [6, 6.07) is 4.23. The molecule has 2 rings (SSSR count). The van der Waals surface area contributed by atoms with Crippen molar-refractivity contribution in [2.45, 2.75) is 44.9 Å². The molecule has 2 N–H and O–H groups in total. The van der Waals surface area contributed by atoms with Crippen molar-refractivity contribution in [3.8, 4) is 0 Å². The molecule has 120 valence electrons. The molecule has 1 fully saturated rings. The van der Waals surface area contributed by atoms with Crippen LogP contribution in [-0.4, -0.2) is 54.9 Å². The predicted octanol–water partition coefficient (Wildman–Crippen LogP) is 1.62. The zero-order chi connectivity index (χ0) is 14.9. The highest BCUT2D eigenvalue weighted by Gasteiger charge is 2.18. The number of nitrogens with zero attached hydrogens (tertiary/aromatic N) is 1. The number of likely N-dealkylation sites (tertiary alicyclic amines) is 1. The lowest BCUT2D eigenvalue weighted by Crippen LogP contribution is -2.45. The average Bonchev–Trinajstić information content (AvgIpc) is 3.00. The number of aliphatic hydroxyl groups excluding tert-OH is 1. The van der Waals surface area contributed by atoms with Crippen LogP contribution in [0.1, 0.15) is 31.9 Å². The maximum atomic E-state index is 9.92. The first-order valence-corrected chi connectivity index (χ1v) is 8.02. The number of piperidine rings is 1. The molecule has 0 aliphatic carbocycles. The van der Waals surface area contributed by atoms with Crippen molar-refractivity contribution in [1.29, 1.82) is 0 Å². The Bertz CT molecular complexity index is 362. The Morgan fingerprint density at radius 2 is 2.29 bits per heavy atom. The SMILES string of the molecule is CCCN1CCC(NCC(O)COCc2ccco2)CC1. The third kappa shape index (κ3) is 6.18. The van der Waals surface area contributed by atoms with Crippen LogP contribution in [-0.2, 0) is 11.3 Å². The quantitative estimate of drug-likeness (QED) is 0.725. The molecule has 5 nitrogen and oxygen atoms in total. The van der Waals surface area contributed by atoms with E-state index in [1.54, 1.807) is 6.26 Å². The van der Waals surface area contributed by atoms with E-state index in [-0.39, 0.29) is 0 Å². The van der Waals surface area contributed by atoms with E-state index in [0.717, 1.165) is 18.8 Å². The van der Waals surface area contributed by atoms with E-state index in [9.17, 15) is 5.11 Å². The molecule has 1 aromatic heterocycles. The third-order valence-electron chi connectivity index (χ3n) is 3.90. The van der Waals surface area contributed by atoms with Crippen LogP contribution >= 0.6 is 0 Å². The van der Waals surface area contributed by atoms with Gasteiger partial charge in [0.1, 0.15) is 12.4 Å². The summed E-state index contributed by atoms with van der Waals surface area (Å²) in [4.78, 5) is 2.51. The third-order valence-corrected chi connectivity index (χ3v) is 3.90. The van der Waals surface area contributed by atoms with Crippen LogP contribution in [0.15, 0.2) is 22.8 Å². The van der Waals surface area contributed by atoms with E-state index in [0.29, 0.717) is 25.8 Å². The molecule has 0 saturated carbocycles. The van der Waals surface area contributed by atoms with Crippen molar-refractivity contribution in [3.05, 3.63) is 24.2 Å². The van der Waals surface area contributed by atoms with Crippen LogP contribution in [0.5, 0.6) is 0 Å². The first-order chi connectivity index (χ1) is 10.3. The summed E-state index contributed by atoms with van der Waals surface area (Å²) >= 11 is 0. The van der Waals surface area contributed by atoms with Crippen molar-refractivity contribution in [2.75, 3.05) is 32.8 Å². The van der Waals surface area contributed by atoms with E-state index in [4.69, 9.17) is 9.15 Å². The average molecular weight is 296 g/mol. The Morgan fingerprint density at radius 3 is 2.95 bits per heavy atom. The molecule has 0 bridgehead atoms. The second kappa shape index (κ2) is 9.20. The molecule has 0 aromatic carbocycles. The summed E-state index contributed by atoms with van der Waals surface area (Å²) in [6.45, 7) is 7.10. The van der Waals surface area contributed by atoms with Gasteiger partial charge in [-0.1, -0.05) is 6.92 Å². The topological polar surface area (TPSA) is 57.9 Å². The standard InChI is InChI=1S/C16H28N2O3/c1-2-7-18-8-5-14(6-9-18)17-11-15(19)12-20-13-16-4-3-10-21-16/h3-4,10,14-15,17,19H,2,5-9,11-13H2,1H3. The van der Waals surface area contributed by atoms with Gasteiger partial charge in [0.2, 0.25) is 0 Å². The zero-order valence-corrected chi connectivity index (χ0v) is 13.0. The molecule has 0 radical (unpaired) electrons. The number of rotatable bonds is 9. The lowest BCUT2D eigenvalue weighted by Gasteiger charge is -2.32. The Morgan fingerprint density at radius 1 is 1.48 bits per heavy atom. The smallest absolute Gasteiger partial charge is 0.129 e. The zero-order valence-electron chi connectivity index (χ0n) is 13.0. The Kier molecular flexibility index (Phi) is 7.23. The molecule has 1 aliphatic heterocycles. The molecule has 1 saturated heterocycles. The molecular formula is C16H28N2O3. The number of hydrogen-bond acceptors (Lipinski definition) is 5. The van der Waals surface area contributed by atoms with E-state index in [1.165, 1.54) is 25.8 Å². The van der Waals surface area contributed by atoms with Gasteiger partial charge in [0.25, 0.3) is 0 Å². The largest absolute Gasteiger partial charge is 0.467 e. The summed E-state index contributed by atoms with van der Waals surface area (Å²) in [5.74, 6) is 0.790. The molecule has 1 atom stereocenters. The lowest BCUT2D eigenvalue weighted by molar-refractivity contribution is 0.0204. The minimum Gasteiger partial charge on any atom is -0.467 e. The predicted molar refractivity (Wildman–Crippen MR) is 82.1 cm³/mol. The minimum absolute atomic E-state index is 0.336. The highest BCUT2D eigenvalue weighted by molar-refractivity contribution is 4.96. The normalized spacial score (nSPS) is 19.0. The van der Waals surface area contributed by atoms with Gasteiger partial charge in [-0.3, -0.25) is 0 Å². The molecule has 1 unspecified atom stereocenters. The molecule has 2 heterocycles. The second-order valence-corrected chi connectivity index (χ2v) is 5.77. The first kappa shape index (κ1) is 16.5. The van der Waals surface area contributed by atoms with Gasteiger partial charge in [0.15, 0.2) is 0 Å². The summed E-state index contributed by atoms with van der Waals surface area (Å²) in [7, 11) is 0. The van der Waals surface area contributed by atoms with Crippen molar-refractivity contribution in [2.24, 2.45) is 0 Å². The Balaban J connectivity index is 1.52. The lowest BCUT2D eigenvalue weighted by atomic mass is 10.0. The molecule has 5 heteroatoms. The second-order valence-electron chi connectivity index (χ2n) is 5.77. The van der Waals surface area contributed by atoms with Crippen molar-refractivity contribution >= 4 is 0 Å². The van der Waals surface area contributed by atoms with Gasteiger partial charge in [-0.05, 0) is 51.0 Å². The summed E-state index contributed by atoms with van der Waals surface area (Å²) in [5, 5.41) is 13.4. The Labute approximate surface area is 127 Å². The van der Waals surface area contributed by atoms with Crippen LogP contribution < -0.4 is 5.32 Å². The first-order valence-electron chi connectivity index (χ1n) is 8.02. The van der Waals surface area contributed by atoms with Crippen molar-refractivity contribution in [1.82, 2.24) is 10.2 Å². The van der Waals surface area contributed by atoms with Gasteiger partial charge in [-0.15, -0.1) is 0 Å². The van der Waals surface area contributed by atoms with Crippen LogP contribution in [0, 0.1) is 0 Å². The molecular weight excluding hydrogens is 268 g/mol. The van der Waals surface area contributed by atoms with Crippen molar-refractivity contribution < 1.29 is 14.3 Å². The fourth-order valence-electron chi connectivity index (χ4n) is 2.73. The van der Waals surface area contributed by atoms with E-state index < -0.39 is 6.10 Å². The number of aliphatic hydroxyl groups is 1. The van der Waals surface area contributed by atoms with E-state index >= 15 is 0 Å². The fraction of sp³-hybridized carbons (Fsp3) is 0.750. The molecule has 21 heavy (non-hydrogen) atoms. The van der Waals surface area contributed by atoms with Crippen LogP contribution in [0.3, 0.4) is 0 Å². The van der Waals surface area contributed by atoms with E-state index in [1.807, 2.05) is 12.1 Å². The maximum absolute atomic E-state index is 9.92. The molecule has 0 spiro atoms. The highest BCUT2D eigenvalue weighted by atomic mass is 16.5. The van der Waals surface area contributed by atoms with Gasteiger partial charge < -0.3 is 24.5 Å².